The van der Waals surface area contributed by atoms with Crippen LogP contribution in [0.1, 0.15) is 41.3 Å². The van der Waals surface area contributed by atoms with Gasteiger partial charge in [0.25, 0.3) is 5.91 Å². The van der Waals surface area contributed by atoms with Crippen LogP contribution in [0.2, 0.25) is 0 Å². The third kappa shape index (κ3) is 5.00. The van der Waals surface area contributed by atoms with Crippen molar-refractivity contribution in [1.82, 2.24) is 9.80 Å². The number of nitrogens with zero attached hydrogens (tertiary/aromatic N) is 2. The molecule has 150 valence electrons. The van der Waals surface area contributed by atoms with Crippen molar-refractivity contribution in [1.29, 1.82) is 0 Å². The number of piperazine rings is 1. The van der Waals surface area contributed by atoms with Gasteiger partial charge >= 0.3 is 0 Å². The van der Waals surface area contributed by atoms with E-state index in [4.69, 9.17) is 0 Å². The minimum atomic E-state index is -3.25. The average molecular weight is 401 g/mol. The summed E-state index contributed by atoms with van der Waals surface area (Å²) in [6.07, 6.45) is 1.17. The Morgan fingerprint density at radius 1 is 0.929 bits per heavy atom. The van der Waals surface area contributed by atoms with Crippen LogP contribution in [0.5, 0.6) is 0 Å². The summed E-state index contributed by atoms with van der Waals surface area (Å²) in [6.45, 7) is 8.30. The van der Waals surface area contributed by atoms with E-state index in [9.17, 15) is 13.2 Å². The van der Waals surface area contributed by atoms with E-state index in [2.05, 4.69) is 43.0 Å². The summed E-state index contributed by atoms with van der Waals surface area (Å²) in [5.74, 6) is 0.496. The molecule has 1 amide bonds. The van der Waals surface area contributed by atoms with Crippen molar-refractivity contribution >= 4 is 15.7 Å². The molecule has 0 atom stereocenters. The molecular weight excluding hydrogens is 372 g/mol. The second-order valence-corrected chi connectivity index (χ2v) is 9.78. The maximum absolute atomic E-state index is 12.7. The lowest BCUT2D eigenvalue weighted by atomic mass is 10.0. The Labute approximate surface area is 167 Å². The van der Waals surface area contributed by atoms with Gasteiger partial charge in [0.1, 0.15) is 0 Å². The zero-order chi connectivity index (χ0) is 20.3. The number of carbonyl (C=O) groups excluding carboxylic acids is 1. The third-order valence-corrected chi connectivity index (χ3v) is 6.37. The van der Waals surface area contributed by atoms with E-state index >= 15 is 0 Å². The molecule has 28 heavy (non-hydrogen) atoms. The smallest absolute Gasteiger partial charge is 0.253 e. The monoisotopic (exact) mass is 400 g/mol. The molecule has 2 aromatic rings. The minimum absolute atomic E-state index is 0.0408. The average Bonchev–Trinajstić information content (AvgIpc) is 2.68. The molecule has 1 aliphatic heterocycles. The van der Waals surface area contributed by atoms with E-state index in [0.717, 1.165) is 19.6 Å². The van der Waals surface area contributed by atoms with Crippen LogP contribution in [0, 0.1) is 0 Å². The molecule has 0 aliphatic carbocycles. The van der Waals surface area contributed by atoms with Crippen LogP contribution < -0.4 is 0 Å². The number of amides is 1. The van der Waals surface area contributed by atoms with E-state index in [1.54, 1.807) is 12.1 Å². The predicted molar refractivity (Wildman–Crippen MR) is 111 cm³/mol. The summed E-state index contributed by atoms with van der Waals surface area (Å²) in [5, 5.41) is 0. The van der Waals surface area contributed by atoms with Crippen molar-refractivity contribution in [2.45, 2.75) is 31.2 Å². The van der Waals surface area contributed by atoms with Gasteiger partial charge in [0.05, 0.1) is 4.90 Å². The van der Waals surface area contributed by atoms with Crippen LogP contribution >= 0.6 is 0 Å². The third-order valence-electron chi connectivity index (χ3n) is 5.24. The van der Waals surface area contributed by atoms with Gasteiger partial charge in [-0.3, -0.25) is 9.69 Å². The first-order valence-corrected chi connectivity index (χ1v) is 11.5. The number of carbonyl (C=O) groups is 1. The molecular formula is C22H28N2O3S. The summed E-state index contributed by atoms with van der Waals surface area (Å²) in [4.78, 5) is 17.1. The van der Waals surface area contributed by atoms with Crippen molar-refractivity contribution in [3.05, 3.63) is 65.2 Å². The number of sulfone groups is 1. The van der Waals surface area contributed by atoms with Gasteiger partial charge < -0.3 is 4.90 Å². The van der Waals surface area contributed by atoms with Gasteiger partial charge in [-0.15, -0.1) is 0 Å². The highest BCUT2D eigenvalue weighted by atomic mass is 32.2. The van der Waals surface area contributed by atoms with Crippen LogP contribution in [0.3, 0.4) is 0 Å². The Morgan fingerprint density at radius 3 is 2.00 bits per heavy atom. The molecule has 5 nitrogen and oxygen atoms in total. The van der Waals surface area contributed by atoms with Crippen LogP contribution in [0.4, 0.5) is 0 Å². The number of hydrogen-bond acceptors (Lipinski definition) is 4. The fraction of sp³-hybridized carbons (Fsp3) is 0.409. The lowest BCUT2D eigenvalue weighted by Crippen LogP contribution is -2.48. The van der Waals surface area contributed by atoms with Gasteiger partial charge in [0, 0.05) is 44.5 Å². The highest BCUT2D eigenvalue weighted by molar-refractivity contribution is 7.90. The highest BCUT2D eigenvalue weighted by Gasteiger charge is 2.22. The second kappa shape index (κ2) is 8.45. The lowest BCUT2D eigenvalue weighted by molar-refractivity contribution is 0.0628. The first-order chi connectivity index (χ1) is 13.2. The molecule has 0 radical (unpaired) electrons. The summed E-state index contributed by atoms with van der Waals surface area (Å²) < 4.78 is 23.1. The van der Waals surface area contributed by atoms with Crippen molar-refractivity contribution in [3.63, 3.8) is 0 Å². The van der Waals surface area contributed by atoms with Gasteiger partial charge in [-0.25, -0.2) is 8.42 Å². The van der Waals surface area contributed by atoms with Crippen molar-refractivity contribution < 1.29 is 13.2 Å². The normalized spacial score (nSPS) is 15.8. The van der Waals surface area contributed by atoms with Crippen LogP contribution in [0.15, 0.2) is 53.4 Å². The van der Waals surface area contributed by atoms with Crippen LogP contribution in [-0.2, 0) is 16.4 Å². The molecule has 0 N–H and O–H groups in total. The Morgan fingerprint density at radius 2 is 1.50 bits per heavy atom. The van der Waals surface area contributed by atoms with E-state index in [0.29, 0.717) is 24.6 Å². The van der Waals surface area contributed by atoms with E-state index in [1.165, 1.54) is 29.5 Å². The maximum atomic E-state index is 12.7. The Balaban J connectivity index is 1.55. The Kier molecular flexibility index (Phi) is 6.20. The molecule has 0 bridgehead atoms. The summed E-state index contributed by atoms with van der Waals surface area (Å²) >= 11 is 0. The Hall–Kier alpha value is -2.18. The standard InChI is InChI=1S/C22H28N2O3S/c1-17(2)19-6-4-18(5-7-19)16-23-12-14-24(15-13-23)22(25)20-8-10-21(11-9-20)28(3,26)27/h4-11,17H,12-16H2,1-3H3. The topological polar surface area (TPSA) is 57.7 Å². The molecule has 2 aromatic carbocycles. The maximum Gasteiger partial charge on any atom is 0.253 e. The molecule has 0 saturated carbocycles. The van der Waals surface area contributed by atoms with Gasteiger partial charge in [-0.2, -0.15) is 0 Å². The molecule has 0 spiro atoms. The SMILES string of the molecule is CC(C)c1ccc(CN2CCN(C(=O)c3ccc(S(C)(=O)=O)cc3)CC2)cc1. The quantitative estimate of drug-likeness (QED) is 0.774. The van der Waals surface area contributed by atoms with Gasteiger partial charge in [0.15, 0.2) is 9.84 Å². The fourth-order valence-corrected chi connectivity index (χ4v) is 4.03. The summed E-state index contributed by atoms with van der Waals surface area (Å²) in [6, 6.07) is 15.0. The van der Waals surface area contributed by atoms with Gasteiger partial charge in [-0.05, 0) is 41.3 Å². The first kappa shape index (κ1) is 20.6. The molecule has 1 heterocycles. The predicted octanol–water partition coefficient (Wildman–Crippen LogP) is 3.17. The molecule has 6 heteroatoms. The number of hydrogen-bond donors (Lipinski definition) is 0. The Bertz CT molecular complexity index is 911. The van der Waals surface area contributed by atoms with E-state index < -0.39 is 9.84 Å². The number of rotatable bonds is 5. The first-order valence-electron chi connectivity index (χ1n) is 9.64. The fourth-order valence-electron chi connectivity index (χ4n) is 3.40. The highest BCUT2D eigenvalue weighted by Crippen LogP contribution is 2.17. The largest absolute Gasteiger partial charge is 0.336 e. The van der Waals surface area contributed by atoms with Gasteiger partial charge in [0.2, 0.25) is 0 Å². The van der Waals surface area contributed by atoms with E-state index in [-0.39, 0.29) is 10.8 Å². The van der Waals surface area contributed by atoms with Crippen molar-refractivity contribution in [2.75, 3.05) is 32.4 Å². The number of benzene rings is 2. The van der Waals surface area contributed by atoms with Gasteiger partial charge in [-0.1, -0.05) is 38.1 Å². The zero-order valence-corrected chi connectivity index (χ0v) is 17.6. The van der Waals surface area contributed by atoms with Crippen LogP contribution in [0.25, 0.3) is 0 Å². The summed E-state index contributed by atoms with van der Waals surface area (Å²) in [7, 11) is -3.25. The molecule has 1 saturated heterocycles. The minimum Gasteiger partial charge on any atom is -0.336 e. The second-order valence-electron chi connectivity index (χ2n) is 7.76. The molecule has 3 rings (SSSR count). The lowest BCUT2D eigenvalue weighted by Gasteiger charge is -2.34. The summed E-state index contributed by atoms with van der Waals surface area (Å²) in [5.41, 5.74) is 3.17. The van der Waals surface area contributed by atoms with Crippen molar-refractivity contribution in [2.24, 2.45) is 0 Å². The molecule has 0 aromatic heterocycles. The molecule has 1 fully saturated rings. The zero-order valence-electron chi connectivity index (χ0n) is 16.8. The van der Waals surface area contributed by atoms with E-state index in [1.807, 2.05) is 4.90 Å². The molecule has 0 unspecified atom stereocenters. The van der Waals surface area contributed by atoms with Crippen molar-refractivity contribution in [3.8, 4) is 0 Å². The van der Waals surface area contributed by atoms with Crippen LogP contribution in [-0.4, -0.2) is 56.6 Å². The molecule has 1 aliphatic rings.